The minimum Gasteiger partial charge on any atom is -0.242 e. The van der Waals surface area contributed by atoms with E-state index in [9.17, 15) is 8.42 Å². The van der Waals surface area contributed by atoms with Crippen molar-refractivity contribution in [2.75, 3.05) is 0 Å². The first-order valence-electron chi connectivity index (χ1n) is 5.89. The maximum Gasteiger partial charge on any atom is 0.242 e. The summed E-state index contributed by atoms with van der Waals surface area (Å²) < 4.78 is 28.0. The summed E-state index contributed by atoms with van der Waals surface area (Å²) in [5.41, 5.74) is 0.828. The molecule has 1 heterocycles. The fraction of sp³-hybridized carbons (Fsp3) is 0.154. The molecule has 0 saturated carbocycles. The molecular formula is C13H11BrCl2N2O2S. The van der Waals surface area contributed by atoms with Gasteiger partial charge < -0.3 is 0 Å². The molecule has 4 nitrogen and oxygen atoms in total. The molecule has 8 heteroatoms. The Morgan fingerprint density at radius 3 is 2.57 bits per heavy atom. The third-order valence-electron chi connectivity index (χ3n) is 2.79. The van der Waals surface area contributed by atoms with Gasteiger partial charge in [0.15, 0.2) is 0 Å². The van der Waals surface area contributed by atoms with Crippen LogP contribution in [0.25, 0.3) is 0 Å². The van der Waals surface area contributed by atoms with Gasteiger partial charge in [-0.15, -0.1) is 0 Å². The van der Waals surface area contributed by atoms with Crippen molar-refractivity contribution in [3.63, 3.8) is 0 Å². The van der Waals surface area contributed by atoms with Crippen LogP contribution in [0.3, 0.4) is 0 Å². The zero-order chi connectivity index (χ0) is 15.6. The lowest BCUT2D eigenvalue weighted by Crippen LogP contribution is -2.27. The van der Waals surface area contributed by atoms with Crippen LogP contribution >= 0.6 is 39.1 Å². The van der Waals surface area contributed by atoms with E-state index in [0.717, 1.165) is 10.0 Å². The van der Waals surface area contributed by atoms with Gasteiger partial charge in [0, 0.05) is 16.7 Å². The highest BCUT2D eigenvalue weighted by Crippen LogP contribution is 2.26. The van der Waals surface area contributed by atoms with Crippen molar-refractivity contribution in [3.8, 4) is 0 Å². The van der Waals surface area contributed by atoms with Crippen LogP contribution in [0.5, 0.6) is 0 Å². The zero-order valence-corrected chi connectivity index (χ0v) is 14.8. The molecule has 0 aliphatic rings. The number of hydrogen-bond donors (Lipinski definition) is 1. The van der Waals surface area contributed by atoms with Crippen molar-refractivity contribution >= 4 is 49.2 Å². The SMILES string of the molecule is CC(NS(=O)(=O)c1cnc(Cl)c(Cl)c1)c1ccccc1Br. The lowest BCUT2D eigenvalue weighted by atomic mass is 10.1. The quantitative estimate of drug-likeness (QED) is 0.770. The van der Waals surface area contributed by atoms with Gasteiger partial charge in [-0.05, 0) is 24.6 Å². The number of pyridine rings is 1. The molecule has 1 N–H and O–H groups in total. The van der Waals surface area contributed by atoms with Crippen LogP contribution < -0.4 is 4.72 Å². The molecule has 1 aromatic heterocycles. The zero-order valence-electron chi connectivity index (χ0n) is 10.8. The van der Waals surface area contributed by atoms with Crippen LogP contribution in [0.1, 0.15) is 18.5 Å². The van der Waals surface area contributed by atoms with Crippen LogP contribution in [-0.2, 0) is 10.0 Å². The molecule has 0 amide bonds. The van der Waals surface area contributed by atoms with Gasteiger partial charge in [0.2, 0.25) is 10.0 Å². The highest BCUT2D eigenvalue weighted by Gasteiger charge is 2.20. The second-order valence-electron chi connectivity index (χ2n) is 4.31. The highest BCUT2D eigenvalue weighted by atomic mass is 79.9. The van der Waals surface area contributed by atoms with Gasteiger partial charge in [-0.2, -0.15) is 0 Å². The van der Waals surface area contributed by atoms with E-state index >= 15 is 0 Å². The summed E-state index contributed by atoms with van der Waals surface area (Å²) in [5, 5.41) is 0.155. The molecule has 0 fully saturated rings. The van der Waals surface area contributed by atoms with Crippen molar-refractivity contribution < 1.29 is 8.42 Å². The molecular weight excluding hydrogens is 399 g/mol. The first kappa shape index (κ1) is 16.7. The topological polar surface area (TPSA) is 59.1 Å². The molecule has 0 saturated heterocycles. The monoisotopic (exact) mass is 408 g/mol. The van der Waals surface area contributed by atoms with Crippen LogP contribution in [0.15, 0.2) is 45.9 Å². The Kier molecular flexibility index (Phi) is 5.27. The van der Waals surface area contributed by atoms with Crippen molar-refractivity contribution in [2.24, 2.45) is 0 Å². The number of rotatable bonds is 4. The van der Waals surface area contributed by atoms with Crippen LogP contribution in [0, 0.1) is 0 Å². The number of hydrogen-bond acceptors (Lipinski definition) is 3. The number of aromatic nitrogens is 1. The highest BCUT2D eigenvalue weighted by molar-refractivity contribution is 9.10. The third-order valence-corrected chi connectivity index (χ3v) is 5.70. The summed E-state index contributed by atoms with van der Waals surface area (Å²) in [6.07, 6.45) is 1.17. The molecule has 1 unspecified atom stereocenters. The van der Waals surface area contributed by atoms with Gasteiger partial charge in [-0.25, -0.2) is 18.1 Å². The Bertz CT molecular complexity index is 769. The molecule has 0 aliphatic heterocycles. The molecule has 0 aliphatic carbocycles. The summed E-state index contributed by atoms with van der Waals surface area (Å²) >= 11 is 14.9. The number of nitrogens with zero attached hydrogens (tertiary/aromatic N) is 1. The van der Waals surface area contributed by atoms with Gasteiger partial charge in [0.1, 0.15) is 10.0 Å². The van der Waals surface area contributed by atoms with E-state index in [2.05, 4.69) is 25.6 Å². The summed E-state index contributed by atoms with van der Waals surface area (Å²) in [6.45, 7) is 1.75. The van der Waals surface area contributed by atoms with Gasteiger partial charge in [0.25, 0.3) is 0 Å². The Morgan fingerprint density at radius 2 is 1.95 bits per heavy atom. The van der Waals surface area contributed by atoms with E-state index < -0.39 is 16.1 Å². The van der Waals surface area contributed by atoms with Gasteiger partial charge in [-0.1, -0.05) is 57.3 Å². The largest absolute Gasteiger partial charge is 0.242 e. The van der Waals surface area contributed by atoms with Crippen molar-refractivity contribution in [3.05, 3.63) is 56.7 Å². The maximum absolute atomic E-state index is 12.3. The van der Waals surface area contributed by atoms with Crippen molar-refractivity contribution in [2.45, 2.75) is 17.9 Å². The van der Waals surface area contributed by atoms with Crippen LogP contribution in [0.4, 0.5) is 0 Å². The predicted molar refractivity (Wildman–Crippen MR) is 87.1 cm³/mol. The summed E-state index contributed by atoms with van der Waals surface area (Å²) in [4.78, 5) is 3.72. The maximum atomic E-state index is 12.3. The van der Waals surface area contributed by atoms with Crippen LogP contribution in [0.2, 0.25) is 10.2 Å². The van der Waals surface area contributed by atoms with E-state index in [0.29, 0.717) is 0 Å². The van der Waals surface area contributed by atoms with Gasteiger partial charge in [0.05, 0.1) is 5.02 Å². The Hall–Kier alpha value is -0.660. The third kappa shape index (κ3) is 3.96. The summed E-state index contributed by atoms with van der Waals surface area (Å²) in [7, 11) is -3.74. The first-order valence-corrected chi connectivity index (χ1v) is 8.92. The molecule has 1 atom stereocenters. The average Bonchev–Trinajstić information content (AvgIpc) is 2.41. The number of nitrogens with one attached hydrogen (secondary N) is 1. The molecule has 0 radical (unpaired) electrons. The number of sulfonamides is 1. The van der Waals surface area contributed by atoms with Crippen LogP contribution in [-0.4, -0.2) is 13.4 Å². The van der Waals surface area contributed by atoms with E-state index in [1.807, 2.05) is 24.3 Å². The lowest BCUT2D eigenvalue weighted by molar-refractivity contribution is 0.566. The van der Waals surface area contributed by atoms with E-state index in [-0.39, 0.29) is 15.1 Å². The fourth-order valence-electron chi connectivity index (χ4n) is 1.74. The molecule has 0 bridgehead atoms. The molecule has 112 valence electrons. The average molecular weight is 410 g/mol. The molecule has 2 aromatic rings. The predicted octanol–water partition coefficient (Wildman–Crippen LogP) is 4.19. The molecule has 1 aromatic carbocycles. The van der Waals surface area contributed by atoms with Gasteiger partial charge >= 0.3 is 0 Å². The minimum absolute atomic E-state index is 0.0317. The normalized spacial score (nSPS) is 13.1. The van der Waals surface area contributed by atoms with E-state index in [1.165, 1.54) is 12.3 Å². The van der Waals surface area contributed by atoms with E-state index in [4.69, 9.17) is 23.2 Å². The summed E-state index contributed by atoms with van der Waals surface area (Å²) in [5.74, 6) is 0. The molecule has 21 heavy (non-hydrogen) atoms. The Balaban J connectivity index is 2.29. The number of halogens is 3. The lowest BCUT2D eigenvalue weighted by Gasteiger charge is -2.16. The van der Waals surface area contributed by atoms with Crippen molar-refractivity contribution in [1.29, 1.82) is 0 Å². The minimum atomic E-state index is -3.74. The smallest absolute Gasteiger partial charge is 0.242 e. The molecule has 0 spiro atoms. The van der Waals surface area contributed by atoms with Gasteiger partial charge in [-0.3, -0.25) is 0 Å². The Morgan fingerprint density at radius 1 is 1.29 bits per heavy atom. The number of benzene rings is 1. The first-order chi connectivity index (χ1) is 9.81. The second kappa shape index (κ2) is 6.62. The second-order valence-corrected chi connectivity index (χ2v) is 7.64. The van der Waals surface area contributed by atoms with E-state index in [1.54, 1.807) is 6.92 Å². The Labute approximate surface area is 141 Å². The van der Waals surface area contributed by atoms with Crippen molar-refractivity contribution in [1.82, 2.24) is 9.71 Å². The fourth-order valence-corrected chi connectivity index (χ4v) is 3.90. The standard InChI is InChI=1S/C13H11BrCl2N2O2S/c1-8(10-4-2-3-5-11(10)14)18-21(19,20)9-6-12(15)13(16)17-7-9/h2-8,18H,1H3. The molecule has 2 rings (SSSR count). The summed E-state index contributed by atoms with van der Waals surface area (Å²) in [6, 6.07) is 8.24.